The molecule has 2 aromatic heterocycles. The van der Waals surface area contributed by atoms with Crippen LogP contribution in [0.2, 0.25) is 0 Å². The number of nitrogens with zero attached hydrogens (tertiary/aromatic N) is 1. The van der Waals surface area contributed by atoms with Crippen LogP contribution in [0.25, 0.3) is 0 Å². The van der Waals surface area contributed by atoms with Crippen LogP contribution in [-0.2, 0) is 0 Å². The van der Waals surface area contributed by atoms with Crippen molar-refractivity contribution in [2.45, 2.75) is 20.8 Å². The van der Waals surface area contributed by atoms with Gasteiger partial charge < -0.3 is 15.7 Å². The van der Waals surface area contributed by atoms with Gasteiger partial charge in [-0.2, -0.15) is 0 Å². The van der Waals surface area contributed by atoms with Crippen LogP contribution >= 0.6 is 22.7 Å². The summed E-state index contributed by atoms with van der Waals surface area (Å²) in [6.45, 7) is 5.40. The van der Waals surface area contributed by atoms with Gasteiger partial charge in [0.2, 0.25) is 0 Å². The number of aromatic carboxylic acids is 1. The lowest BCUT2D eigenvalue weighted by Gasteiger charge is -2.01. The molecule has 0 aliphatic carbocycles. The van der Waals surface area contributed by atoms with E-state index in [1.807, 2.05) is 6.92 Å². The Morgan fingerprint density at radius 2 is 1.86 bits per heavy atom. The number of carboxylic acid groups (broad SMARTS) is 1. The first-order valence-corrected chi connectivity index (χ1v) is 7.78. The van der Waals surface area contributed by atoms with Crippen molar-refractivity contribution in [1.29, 1.82) is 0 Å². The van der Waals surface area contributed by atoms with Crippen LogP contribution in [0.3, 0.4) is 0 Å². The lowest BCUT2D eigenvalue weighted by atomic mass is 10.1. The van der Waals surface area contributed by atoms with E-state index in [9.17, 15) is 14.7 Å². The number of rotatable bonds is 4. The van der Waals surface area contributed by atoms with Crippen molar-refractivity contribution < 1.29 is 14.7 Å². The molecule has 2 rings (SSSR count). The minimum absolute atomic E-state index is 0.199. The molecule has 0 spiro atoms. The van der Waals surface area contributed by atoms with E-state index in [0.717, 1.165) is 10.4 Å². The van der Waals surface area contributed by atoms with Gasteiger partial charge in [-0.05, 0) is 26.3 Å². The number of anilines is 2. The smallest absolute Gasteiger partial charge is 0.338 e. The van der Waals surface area contributed by atoms with Gasteiger partial charge in [-0.15, -0.1) is 11.3 Å². The molecule has 2 aromatic rings. The Morgan fingerprint density at radius 3 is 2.43 bits per heavy atom. The van der Waals surface area contributed by atoms with Gasteiger partial charge in [0.1, 0.15) is 9.88 Å². The summed E-state index contributed by atoms with van der Waals surface area (Å²) < 4.78 is 0. The highest BCUT2D eigenvalue weighted by Crippen LogP contribution is 2.36. The van der Waals surface area contributed by atoms with Gasteiger partial charge in [-0.25, -0.2) is 9.78 Å². The topological polar surface area (TPSA) is 91.3 Å². The fourth-order valence-corrected chi connectivity index (χ4v) is 3.88. The van der Waals surface area contributed by atoms with Crippen LogP contribution in [0.4, 0.5) is 10.1 Å². The minimum Gasteiger partial charge on any atom is -0.478 e. The van der Waals surface area contributed by atoms with Crippen LogP contribution in [0, 0.1) is 20.8 Å². The lowest BCUT2D eigenvalue weighted by molar-refractivity contribution is 0.0697. The fourth-order valence-electron chi connectivity index (χ4n) is 1.84. The minimum atomic E-state index is -0.973. The highest BCUT2D eigenvalue weighted by atomic mass is 32.1. The van der Waals surface area contributed by atoms with E-state index in [1.165, 1.54) is 22.7 Å². The van der Waals surface area contributed by atoms with Crippen molar-refractivity contribution >= 4 is 44.7 Å². The maximum Gasteiger partial charge on any atom is 0.338 e. The maximum absolute atomic E-state index is 11.7. The molecular formula is C13H15N3O3S2. The molecule has 6 nitrogen and oxygen atoms in total. The number of carbonyl (C=O) groups is 2. The summed E-state index contributed by atoms with van der Waals surface area (Å²) in [6.07, 6.45) is 0. The highest BCUT2D eigenvalue weighted by Gasteiger charge is 2.21. The largest absolute Gasteiger partial charge is 0.478 e. The van der Waals surface area contributed by atoms with Crippen LogP contribution in [0.1, 0.15) is 36.2 Å². The van der Waals surface area contributed by atoms with Gasteiger partial charge in [-0.3, -0.25) is 4.79 Å². The van der Waals surface area contributed by atoms with Gasteiger partial charge in [0.05, 0.1) is 11.3 Å². The summed E-state index contributed by atoms with van der Waals surface area (Å²) >= 11 is 2.57. The first-order chi connectivity index (χ1) is 9.85. The third kappa shape index (κ3) is 2.91. The van der Waals surface area contributed by atoms with E-state index in [-0.39, 0.29) is 11.5 Å². The number of aryl methyl sites for hydroxylation is 2. The second-order valence-corrected chi connectivity index (χ2v) is 6.65. The molecule has 0 saturated carbocycles. The normalized spacial score (nSPS) is 10.5. The summed E-state index contributed by atoms with van der Waals surface area (Å²) in [7, 11) is 1.56. The average Bonchev–Trinajstić information content (AvgIpc) is 2.90. The fraction of sp³-hybridized carbons (Fsp3) is 0.308. The number of amides is 1. The molecule has 2 heterocycles. The van der Waals surface area contributed by atoms with Crippen molar-refractivity contribution in [2.75, 3.05) is 12.4 Å². The molecule has 0 radical (unpaired) electrons. The zero-order chi connectivity index (χ0) is 15.7. The summed E-state index contributed by atoms with van der Waals surface area (Å²) in [6, 6.07) is 0. The highest BCUT2D eigenvalue weighted by molar-refractivity contribution is 7.19. The van der Waals surface area contributed by atoms with Gasteiger partial charge in [-0.1, -0.05) is 11.3 Å². The number of carbonyl (C=O) groups excluding carboxylic acids is 1. The first kappa shape index (κ1) is 15.5. The van der Waals surface area contributed by atoms with Crippen molar-refractivity contribution in [3.05, 3.63) is 26.6 Å². The molecule has 0 atom stereocenters. The molecule has 0 aliphatic rings. The Morgan fingerprint density at radius 1 is 1.19 bits per heavy atom. The zero-order valence-electron chi connectivity index (χ0n) is 12.0. The Bertz CT molecular complexity index is 719. The Balaban J connectivity index is 2.37. The number of thiophene rings is 1. The molecule has 1 amide bonds. The van der Waals surface area contributed by atoms with Crippen LogP contribution in [0.5, 0.6) is 0 Å². The summed E-state index contributed by atoms with van der Waals surface area (Å²) in [5, 5.41) is 15.9. The number of aromatic nitrogens is 1. The quantitative estimate of drug-likeness (QED) is 0.804. The first-order valence-electron chi connectivity index (χ1n) is 6.15. The molecule has 0 unspecified atom stereocenters. The van der Waals surface area contributed by atoms with E-state index < -0.39 is 5.97 Å². The van der Waals surface area contributed by atoms with E-state index >= 15 is 0 Å². The van der Waals surface area contributed by atoms with Crippen molar-refractivity contribution in [2.24, 2.45) is 0 Å². The maximum atomic E-state index is 11.7. The van der Waals surface area contributed by atoms with E-state index in [2.05, 4.69) is 15.6 Å². The third-order valence-electron chi connectivity index (χ3n) is 3.05. The number of nitrogens with one attached hydrogen (secondary N) is 2. The standard InChI is InChI=1S/C13H15N3O3S2/c1-5-7(3)20-11(8(5)12(18)19)16-13-15-6(2)9(21-13)10(17)14-4/h1-4H3,(H,14,17)(H,15,16)(H,18,19). The summed E-state index contributed by atoms with van der Waals surface area (Å²) in [4.78, 5) is 28.8. The van der Waals surface area contributed by atoms with Gasteiger partial charge in [0, 0.05) is 11.9 Å². The Labute approximate surface area is 129 Å². The summed E-state index contributed by atoms with van der Waals surface area (Å²) in [5.41, 5.74) is 1.62. The van der Waals surface area contributed by atoms with Crippen LogP contribution in [0.15, 0.2) is 0 Å². The molecule has 0 aromatic carbocycles. The average molecular weight is 325 g/mol. The zero-order valence-corrected chi connectivity index (χ0v) is 13.7. The predicted octanol–water partition coefficient (Wildman–Crippen LogP) is 2.93. The molecule has 8 heteroatoms. The lowest BCUT2D eigenvalue weighted by Crippen LogP contribution is -2.17. The molecule has 3 N–H and O–H groups in total. The third-order valence-corrected chi connectivity index (χ3v) is 5.24. The second-order valence-electron chi connectivity index (χ2n) is 4.43. The Kier molecular flexibility index (Phi) is 4.29. The van der Waals surface area contributed by atoms with Crippen molar-refractivity contribution in [1.82, 2.24) is 10.3 Å². The van der Waals surface area contributed by atoms with E-state index in [1.54, 1.807) is 20.9 Å². The molecule has 0 fully saturated rings. The monoisotopic (exact) mass is 325 g/mol. The number of hydrogen-bond acceptors (Lipinski definition) is 6. The molecule has 0 bridgehead atoms. The van der Waals surface area contributed by atoms with Crippen LogP contribution in [-0.4, -0.2) is 29.0 Å². The van der Waals surface area contributed by atoms with E-state index in [4.69, 9.17) is 0 Å². The SMILES string of the molecule is CNC(=O)c1sc(Nc2sc(C)c(C)c2C(=O)O)nc1C. The number of hydrogen-bond donors (Lipinski definition) is 3. The molecule has 112 valence electrons. The van der Waals surface area contributed by atoms with Crippen molar-refractivity contribution in [3.8, 4) is 0 Å². The second kappa shape index (κ2) is 5.82. The molecule has 0 saturated heterocycles. The van der Waals surface area contributed by atoms with Crippen LogP contribution < -0.4 is 10.6 Å². The molecular weight excluding hydrogens is 310 g/mol. The number of thiazole rings is 1. The van der Waals surface area contributed by atoms with Gasteiger partial charge >= 0.3 is 5.97 Å². The Hall–Kier alpha value is -1.93. The summed E-state index contributed by atoms with van der Waals surface area (Å²) in [5.74, 6) is -1.17. The number of carboxylic acids is 1. The molecule has 0 aliphatic heterocycles. The van der Waals surface area contributed by atoms with E-state index in [0.29, 0.717) is 20.7 Å². The predicted molar refractivity (Wildman–Crippen MR) is 84.3 cm³/mol. The van der Waals surface area contributed by atoms with Crippen molar-refractivity contribution in [3.63, 3.8) is 0 Å². The molecule has 21 heavy (non-hydrogen) atoms. The van der Waals surface area contributed by atoms with Gasteiger partial charge in [0.25, 0.3) is 5.91 Å². The van der Waals surface area contributed by atoms with Gasteiger partial charge in [0.15, 0.2) is 5.13 Å².